The number of hydrogen-bond acceptors (Lipinski definition) is 3. The van der Waals surface area contributed by atoms with Crippen molar-refractivity contribution in [3.8, 4) is 0 Å². The maximum atomic E-state index is 11.7. The van der Waals surface area contributed by atoms with E-state index in [1.165, 1.54) is 10.5 Å². The molecule has 0 bridgehead atoms. The Labute approximate surface area is 113 Å². The van der Waals surface area contributed by atoms with E-state index in [0.29, 0.717) is 19.4 Å². The summed E-state index contributed by atoms with van der Waals surface area (Å²) in [6, 6.07) is 8.09. The molecule has 2 amide bonds. The number of carbonyl (C=O) groups excluding carboxylic acids is 2. The average molecular weight is 260 g/mol. The third-order valence-electron chi connectivity index (χ3n) is 3.53. The highest BCUT2D eigenvalue weighted by Crippen LogP contribution is 2.21. The number of carbonyl (C=O) groups is 2. The topological polar surface area (TPSA) is 49.4 Å². The lowest BCUT2D eigenvalue weighted by molar-refractivity contribution is -0.138. The molecule has 0 aliphatic carbocycles. The Kier molecular flexibility index (Phi) is 4.32. The van der Waals surface area contributed by atoms with Crippen LogP contribution in [0.5, 0.6) is 0 Å². The molecule has 102 valence electrons. The van der Waals surface area contributed by atoms with Crippen LogP contribution in [0.25, 0.3) is 0 Å². The fourth-order valence-corrected chi connectivity index (χ4v) is 2.51. The Morgan fingerprint density at radius 3 is 2.42 bits per heavy atom. The van der Waals surface area contributed by atoms with Crippen LogP contribution in [0.4, 0.5) is 0 Å². The van der Waals surface area contributed by atoms with Gasteiger partial charge in [0.1, 0.15) is 0 Å². The van der Waals surface area contributed by atoms with Gasteiger partial charge < -0.3 is 5.32 Å². The Hall–Kier alpha value is -1.68. The summed E-state index contributed by atoms with van der Waals surface area (Å²) < 4.78 is 0. The zero-order chi connectivity index (χ0) is 13.8. The van der Waals surface area contributed by atoms with E-state index in [4.69, 9.17) is 0 Å². The smallest absolute Gasteiger partial charge is 0.229 e. The number of aryl methyl sites for hydroxylation is 1. The van der Waals surface area contributed by atoms with Gasteiger partial charge in [-0.3, -0.25) is 14.5 Å². The first-order valence-electron chi connectivity index (χ1n) is 6.75. The second kappa shape index (κ2) is 5.97. The summed E-state index contributed by atoms with van der Waals surface area (Å²) in [5, 5.41) is 3.36. The molecule has 1 aliphatic rings. The van der Waals surface area contributed by atoms with Crippen molar-refractivity contribution in [1.82, 2.24) is 10.2 Å². The van der Waals surface area contributed by atoms with E-state index < -0.39 is 0 Å². The minimum atomic E-state index is -0.0542. The van der Waals surface area contributed by atoms with Crippen molar-refractivity contribution in [2.45, 2.75) is 32.7 Å². The third kappa shape index (κ3) is 3.01. The molecule has 1 aromatic rings. The normalized spacial score (nSPS) is 17.1. The number of likely N-dealkylation sites (tertiary alicyclic amines) is 1. The van der Waals surface area contributed by atoms with Crippen LogP contribution in [0.1, 0.15) is 36.9 Å². The lowest BCUT2D eigenvalue weighted by atomic mass is 10.0. The summed E-state index contributed by atoms with van der Waals surface area (Å²) in [4.78, 5) is 24.8. The van der Waals surface area contributed by atoms with Crippen LogP contribution in [0.2, 0.25) is 0 Å². The van der Waals surface area contributed by atoms with Crippen molar-refractivity contribution in [2.24, 2.45) is 0 Å². The second-order valence-electron chi connectivity index (χ2n) is 4.86. The van der Waals surface area contributed by atoms with Gasteiger partial charge in [-0.15, -0.1) is 0 Å². The highest BCUT2D eigenvalue weighted by molar-refractivity contribution is 6.01. The Morgan fingerprint density at radius 1 is 1.21 bits per heavy atom. The van der Waals surface area contributed by atoms with Crippen molar-refractivity contribution in [3.05, 3.63) is 35.4 Å². The van der Waals surface area contributed by atoms with Gasteiger partial charge in [-0.2, -0.15) is 0 Å². The number of nitrogens with zero attached hydrogens (tertiary/aromatic N) is 1. The van der Waals surface area contributed by atoms with Crippen molar-refractivity contribution in [1.29, 1.82) is 0 Å². The molecule has 0 radical (unpaired) electrons. The molecule has 0 aromatic heterocycles. The van der Waals surface area contributed by atoms with Crippen LogP contribution in [0.15, 0.2) is 24.3 Å². The molecule has 1 aromatic carbocycles. The molecule has 19 heavy (non-hydrogen) atoms. The van der Waals surface area contributed by atoms with Crippen molar-refractivity contribution < 1.29 is 9.59 Å². The van der Waals surface area contributed by atoms with Gasteiger partial charge in [0.25, 0.3) is 0 Å². The maximum Gasteiger partial charge on any atom is 0.229 e. The summed E-state index contributed by atoms with van der Waals surface area (Å²) in [6.45, 7) is 5.30. The van der Waals surface area contributed by atoms with Gasteiger partial charge in [-0.1, -0.05) is 31.2 Å². The fourth-order valence-electron chi connectivity index (χ4n) is 2.51. The lowest BCUT2D eigenvalue weighted by Gasteiger charge is -2.25. The molecule has 1 atom stereocenters. The standard InChI is InChI=1S/C15H20N2O2/c1-3-16-13(12-7-5-4-6-11(12)2)10-17-14(18)8-9-15(17)19/h4-7,13,16H,3,8-10H2,1-2H3. The third-order valence-corrected chi connectivity index (χ3v) is 3.53. The van der Waals surface area contributed by atoms with Gasteiger partial charge in [0.05, 0.1) is 6.04 Å². The maximum absolute atomic E-state index is 11.7. The Bertz CT molecular complexity index is 469. The molecular formula is C15H20N2O2. The van der Waals surface area contributed by atoms with Crippen LogP contribution >= 0.6 is 0 Å². The van der Waals surface area contributed by atoms with Crippen molar-refractivity contribution in [3.63, 3.8) is 0 Å². The first-order chi connectivity index (χ1) is 9.13. The second-order valence-corrected chi connectivity index (χ2v) is 4.86. The Balaban J connectivity index is 2.19. The first kappa shape index (κ1) is 13.7. The summed E-state index contributed by atoms with van der Waals surface area (Å²) in [6.07, 6.45) is 0.705. The van der Waals surface area contributed by atoms with E-state index in [0.717, 1.165) is 12.1 Å². The zero-order valence-electron chi connectivity index (χ0n) is 11.5. The molecule has 1 aliphatic heterocycles. The van der Waals surface area contributed by atoms with Gasteiger partial charge in [-0.25, -0.2) is 0 Å². The van der Waals surface area contributed by atoms with Crippen LogP contribution < -0.4 is 5.32 Å². The number of likely N-dealkylation sites (N-methyl/N-ethyl adjacent to an activating group) is 1. The number of nitrogens with one attached hydrogen (secondary N) is 1. The number of amides is 2. The van der Waals surface area contributed by atoms with E-state index in [9.17, 15) is 9.59 Å². The first-order valence-corrected chi connectivity index (χ1v) is 6.75. The molecule has 1 N–H and O–H groups in total. The molecule has 4 nitrogen and oxygen atoms in total. The average Bonchev–Trinajstić information content (AvgIpc) is 2.70. The molecule has 0 saturated carbocycles. The van der Waals surface area contributed by atoms with Crippen molar-refractivity contribution >= 4 is 11.8 Å². The largest absolute Gasteiger partial charge is 0.309 e. The van der Waals surface area contributed by atoms with Crippen LogP contribution in [-0.2, 0) is 9.59 Å². The molecular weight excluding hydrogens is 240 g/mol. The van der Waals surface area contributed by atoms with Gasteiger partial charge in [-0.05, 0) is 24.6 Å². The highest BCUT2D eigenvalue weighted by atomic mass is 16.2. The highest BCUT2D eigenvalue weighted by Gasteiger charge is 2.31. The number of benzene rings is 1. The van der Waals surface area contributed by atoms with E-state index in [1.54, 1.807) is 0 Å². The molecule has 1 heterocycles. The van der Waals surface area contributed by atoms with Gasteiger partial charge >= 0.3 is 0 Å². The zero-order valence-corrected chi connectivity index (χ0v) is 11.5. The SMILES string of the molecule is CCNC(CN1C(=O)CCC1=O)c1ccccc1C. The molecule has 1 saturated heterocycles. The van der Waals surface area contributed by atoms with Crippen LogP contribution in [0.3, 0.4) is 0 Å². The summed E-state index contributed by atoms with van der Waals surface area (Å²) >= 11 is 0. The predicted molar refractivity (Wildman–Crippen MR) is 73.6 cm³/mol. The Morgan fingerprint density at radius 2 is 1.84 bits per heavy atom. The van der Waals surface area contributed by atoms with Gasteiger partial charge in [0.15, 0.2) is 0 Å². The monoisotopic (exact) mass is 260 g/mol. The predicted octanol–water partition coefficient (Wildman–Crippen LogP) is 1.79. The fraction of sp³-hybridized carbons (Fsp3) is 0.467. The lowest BCUT2D eigenvalue weighted by Crippen LogP contribution is -2.38. The van der Waals surface area contributed by atoms with E-state index in [-0.39, 0.29) is 17.9 Å². The summed E-state index contributed by atoms with van der Waals surface area (Å²) in [5.41, 5.74) is 2.32. The number of rotatable bonds is 5. The molecule has 4 heteroatoms. The van der Waals surface area contributed by atoms with E-state index in [2.05, 4.69) is 5.32 Å². The van der Waals surface area contributed by atoms with E-state index >= 15 is 0 Å². The van der Waals surface area contributed by atoms with E-state index in [1.807, 2.05) is 38.1 Å². The van der Waals surface area contributed by atoms with Crippen LogP contribution in [-0.4, -0.2) is 29.8 Å². The van der Waals surface area contributed by atoms with Gasteiger partial charge in [0.2, 0.25) is 11.8 Å². The summed E-state index contributed by atoms with van der Waals surface area (Å²) in [7, 11) is 0. The summed E-state index contributed by atoms with van der Waals surface area (Å²) in [5.74, 6) is -0.108. The van der Waals surface area contributed by atoms with Crippen LogP contribution in [0, 0.1) is 6.92 Å². The molecule has 2 rings (SSSR count). The quantitative estimate of drug-likeness (QED) is 0.821. The van der Waals surface area contributed by atoms with Crippen molar-refractivity contribution in [2.75, 3.05) is 13.1 Å². The minimum absolute atomic E-state index is 0.0113. The number of hydrogen-bond donors (Lipinski definition) is 1. The molecule has 1 fully saturated rings. The number of imide groups is 1. The van der Waals surface area contributed by atoms with Gasteiger partial charge in [0, 0.05) is 19.4 Å². The minimum Gasteiger partial charge on any atom is -0.309 e. The molecule has 1 unspecified atom stereocenters. The molecule has 0 spiro atoms.